The maximum Gasteiger partial charge on any atom is 0.191 e. The van der Waals surface area contributed by atoms with Crippen LogP contribution in [-0.2, 0) is 4.74 Å². The fraction of sp³-hybridized carbons (Fsp3) is 0.682. The fourth-order valence-electron chi connectivity index (χ4n) is 4.64. The van der Waals surface area contributed by atoms with E-state index in [1.165, 1.54) is 29.2 Å². The molecule has 3 fully saturated rings. The summed E-state index contributed by atoms with van der Waals surface area (Å²) in [5.74, 6) is 3.38. The van der Waals surface area contributed by atoms with Crippen LogP contribution >= 0.6 is 35.7 Å². The van der Waals surface area contributed by atoms with E-state index < -0.39 is 0 Å². The first-order chi connectivity index (χ1) is 14.2. The number of hydrogen-bond acceptors (Lipinski definition) is 5. The van der Waals surface area contributed by atoms with E-state index in [4.69, 9.17) is 4.74 Å². The van der Waals surface area contributed by atoms with Crippen LogP contribution in [-0.4, -0.2) is 86.9 Å². The van der Waals surface area contributed by atoms with Crippen molar-refractivity contribution in [1.82, 2.24) is 15.5 Å². The molecule has 3 aliphatic rings. The highest BCUT2D eigenvalue weighted by Gasteiger charge is 2.40. The van der Waals surface area contributed by atoms with Crippen molar-refractivity contribution in [3.8, 4) is 0 Å². The van der Waals surface area contributed by atoms with Gasteiger partial charge in [0, 0.05) is 62.8 Å². The van der Waals surface area contributed by atoms with Crippen molar-refractivity contribution in [1.29, 1.82) is 0 Å². The molecule has 6 nitrogen and oxygen atoms in total. The Balaban J connectivity index is 0.00000256. The minimum absolute atomic E-state index is 0. The smallest absolute Gasteiger partial charge is 0.191 e. The van der Waals surface area contributed by atoms with E-state index in [2.05, 4.69) is 68.4 Å². The maximum absolute atomic E-state index is 5.58. The summed E-state index contributed by atoms with van der Waals surface area (Å²) >= 11 is 2.08. The van der Waals surface area contributed by atoms with Crippen LogP contribution < -0.4 is 15.5 Å². The van der Waals surface area contributed by atoms with Gasteiger partial charge in [-0.3, -0.25) is 9.89 Å². The molecule has 0 radical (unpaired) electrons. The molecule has 0 bridgehead atoms. The van der Waals surface area contributed by atoms with Crippen molar-refractivity contribution < 1.29 is 4.74 Å². The molecule has 168 valence electrons. The van der Waals surface area contributed by atoms with Crippen molar-refractivity contribution in [2.24, 2.45) is 4.99 Å². The van der Waals surface area contributed by atoms with Crippen LogP contribution in [0.25, 0.3) is 0 Å². The summed E-state index contributed by atoms with van der Waals surface area (Å²) in [6.45, 7) is 9.01. The molecule has 0 aliphatic carbocycles. The number of benzene rings is 1. The highest BCUT2D eigenvalue weighted by molar-refractivity contribution is 14.0. The molecule has 4 rings (SSSR count). The third-order valence-electron chi connectivity index (χ3n) is 6.50. The molecule has 0 spiro atoms. The predicted octanol–water partition coefficient (Wildman–Crippen LogP) is 2.56. The Bertz CT molecular complexity index is 689. The minimum Gasteiger partial charge on any atom is -0.379 e. The first kappa shape index (κ1) is 23.9. The SMILES string of the molecule is CN=C(NCC1(N2CCOCC2)CCSC1)NC1CCN(c2ccc(C)cc2)C1.I. The van der Waals surface area contributed by atoms with Gasteiger partial charge in [0.15, 0.2) is 5.96 Å². The van der Waals surface area contributed by atoms with Gasteiger partial charge in [-0.2, -0.15) is 11.8 Å². The summed E-state index contributed by atoms with van der Waals surface area (Å²) in [6, 6.07) is 9.28. The van der Waals surface area contributed by atoms with E-state index in [1.54, 1.807) is 0 Å². The van der Waals surface area contributed by atoms with Crippen LogP contribution in [0.4, 0.5) is 5.69 Å². The van der Waals surface area contributed by atoms with Gasteiger partial charge in [0.1, 0.15) is 0 Å². The first-order valence-corrected chi connectivity index (χ1v) is 12.0. The Morgan fingerprint density at radius 2 is 2.00 bits per heavy atom. The third-order valence-corrected chi connectivity index (χ3v) is 7.74. The molecule has 3 saturated heterocycles. The van der Waals surface area contributed by atoms with Gasteiger partial charge in [-0.25, -0.2) is 0 Å². The van der Waals surface area contributed by atoms with Gasteiger partial charge in [0.25, 0.3) is 0 Å². The number of thioether (sulfide) groups is 1. The average molecular weight is 546 g/mol. The summed E-state index contributed by atoms with van der Waals surface area (Å²) < 4.78 is 5.58. The quantitative estimate of drug-likeness (QED) is 0.337. The fourth-order valence-corrected chi connectivity index (χ4v) is 6.12. The van der Waals surface area contributed by atoms with Crippen LogP contribution in [0, 0.1) is 6.92 Å². The van der Waals surface area contributed by atoms with Crippen molar-refractivity contribution >= 4 is 47.4 Å². The summed E-state index contributed by atoms with van der Waals surface area (Å²) in [7, 11) is 1.88. The van der Waals surface area contributed by atoms with E-state index in [1.807, 2.05) is 7.05 Å². The highest BCUT2D eigenvalue weighted by Crippen LogP contribution is 2.33. The van der Waals surface area contributed by atoms with Gasteiger partial charge in [0.05, 0.1) is 13.2 Å². The summed E-state index contributed by atoms with van der Waals surface area (Å²) in [5, 5.41) is 7.33. The van der Waals surface area contributed by atoms with Gasteiger partial charge in [-0.1, -0.05) is 17.7 Å². The van der Waals surface area contributed by atoms with Crippen molar-refractivity contribution in [3.05, 3.63) is 29.8 Å². The lowest BCUT2D eigenvalue weighted by atomic mass is 9.95. The van der Waals surface area contributed by atoms with Gasteiger partial charge in [-0.05, 0) is 37.7 Å². The van der Waals surface area contributed by atoms with Gasteiger partial charge >= 0.3 is 0 Å². The summed E-state index contributed by atoms with van der Waals surface area (Å²) in [5.41, 5.74) is 2.86. The first-order valence-electron chi connectivity index (χ1n) is 10.9. The largest absolute Gasteiger partial charge is 0.379 e. The van der Waals surface area contributed by atoms with Crippen molar-refractivity contribution in [2.45, 2.75) is 31.3 Å². The second-order valence-corrected chi connectivity index (χ2v) is 9.57. The topological polar surface area (TPSA) is 52.1 Å². The Kier molecular flexibility index (Phi) is 8.97. The normalized spacial score (nSPS) is 27.7. The molecule has 3 heterocycles. The van der Waals surface area contributed by atoms with Crippen molar-refractivity contribution in [3.63, 3.8) is 0 Å². The van der Waals surface area contributed by atoms with Crippen LogP contribution in [0.2, 0.25) is 0 Å². The number of guanidine groups is 1. The molecule has 0 saturated carbocycles. The standard InChI is InChI=1S/C22H35N5OS.HI/c1-18-3-5-20(6-4-18)26-9-7-19(15-26)25-21(23-2)24-16-22(8-14-29-17-22)27-10-12-28-13-11-27;/h3-6,19H,7-17H2,1-2H3,(H2,23,24,25);1H. The molecule has 1 aromatic carbocycles. The molecule has 0 amide bonds. The van der Waals surface area contributed by atoms with Crippen molar-refractivity contribution in [2.75, 3.05) is 69.4 Å². The van der Waals surface area contributed by atoms with E-state index in [9.17, 15) is 0 Å². The lowest BCUT2D eigenvalue weighted by molar-refractivity contribution is -0.0120. The van der Waals surface area contributed by atoms with E-state index in [-0.39, 0.29) is 29.5 Å². The number of nitrogens with one attached hydrogen (secondary N) is 2. The molecule has 1 aromatic rings. The number of hydrogen-bond donors (Lipinski definition) is 2. The van der Waals surface area contributed by atoms with Crippen LogP contribution in [0.1, 0.15) is 18.4 Å². The van der Waals surface area contributed by atoms with Crippen LogP contribution in [0.5, 0.6) is 0 Å². The number of nitrogens with zero attached hydrogens (tertiary/aromatic N) is 3. The lowest BCUT2D eigenvalue weighted by Crippen LogP contribution is -2.60. The van der Waals surface area contributed by atoms with E-state index in [0.717, 1.165) is 58.3 Å². The molecule has 2 atom stereocenters. The second-order valence-electron chi connectivity index (χ2n) is 8.46. The molecular weight excluding hydrogens is 509 g/mol. The number of rotatable bonds is 5. The van der Waals surface area contributed by atoms with Gasteiger partial charge in [-0.15, -0.1) is 24.0 Å². The third kappa shape index (κ3) is 5.75. The molecule has 30 heavy (non-hydrogen) atoms. The molecular formula is C22H36IN5OS. The van der Waals surface area contributed by atoms with Crippen LogP contribution in [0.3, 0.4) is 0 Å². The monoisotopic (exact) mass is 545 g/mol. The number of anilines is 1. The Hall–Kier alpha value is -0.710. The van der Waals surface area contributed by atoms with Gasteiger partial charge < -0.3 is 20.3 Å². The number of aliphatic imine (C=N–C) groups is 1. The molecule has 8 heteroatoms. The summed E-state index contributed by atoms with van der Waals surface area (Å²) in [4.78, 5) is 9.63. The average Bonchev–Trinajstić information content (AvgIpc) is 3.43. The van der Waals surface area contributed by atoms with Crippen LogP contribution in [0.15, 0.2) is 29.3 Å². The molecule has 2 unspecified atom stereocenters. The second kappa shape index (κ2) is 11.2. The number of halogens is 1. The lowest BCUT2D eigenvalue weighted by Gasteiger charge is -2.43. The number of ether oxygens (including phenoxy) is 1. The number of aryl methyl sites for hydroxylation is 1. The Morgan fingerprint density at radius 3 is 2.67 bits per heavy atom. The molecule has 3 aliphatic heterocycles. The zero-order valence-corrected chi connectivity index (χ0v) is 21.4. The Morgan fingerprint density at radius 1 is 1.23 bits per heavy atom. The molecule has 2 N–H and O–H groups in total. The highest BCUT2D eigenvalue weighted by atomic mass is 127. The Labute approximate surface area is 202 Å². The minimum atomic E-state index is 0. The van der Waals surface area contributed by atoms with Gasteiger partial charge in [0.2, 0.25) is 0 Å². The predicted molar refractivity (Wildman–Crippen MR) is 139 cm³/mol. The zero-order chi connectivity index (χ0) is 20.1. The number of morpholine rings is 1. The maximum atomic E-state index is 5.58. The zero-order valence-electron chi connectivity index (χ0n) is 18.2. The molecule has 0 aromatic heterocycles. The van der Waals surface area contributed by atoms with E-state index >= 15 is 0 Å². The van der Waals surface area contributed by atoms with E-state index in [0.29, 0.717) is 6.04 Å². The summed E-state index contributed by atoms with van der Waals surface area (Å²) in [6.07, 6.45) is 2.38.